The molecule has 0 aliphatic rings. The van der Waals surface area contributed by atoms with Crippen LogP contribution in [-0.4, -0.2) is 15.4 Å². The van der Waals surface area contributed by atoms with Gasteiger partial charge in [0.15, 0.2) is 4.96 Å². The summed E-state index contributed by atoms with van der Waals surface area (Å²) in [4.78, 5) is 27.7. The van der Waals surface area contributed by atoms with Crippen molar-refractivity contribution in [2.24, 2.45) is 5.92 Å². The van der Waals surface area contributed by atoms with E-state index in [0.717, 1.165) is 0 Å². The minimum Gasteiger partial charge on any atom is -0.459 e. The summed E-state index contributed by atoms with van der Waals surface area (Å²) in [7, 11) is 0. The van der Waals surface area contributed by atoms with Crippen LogP contribution < -0.4 is 5.56 Å². The lowest BCUT2D eigenvalue weighted by atomic mass is 10.2. The quantitative estimate of drug-likeness (QED) is 0.776. The van der Waals surface area contributed by atoms with Gasteiger partial charge in [0.25, 0.3) is 5.56 Å². The van der Waals surface area contributed by atoms with Crippen LogP contribution >= 0.6 is 11.3 Å². The van der Waals surface area contributed by atoms with Gasteiger partial charge in [0.2, 0.25) is 0 Å². The Bertz CT molecular complexity index is 600. The van der Waals surface area contributed by atoms with Gasteiger partial charge >= 0.3 is 5.97 Å². The minimum atomic E-state index is -0.293. The average molecular weight is 252 g/mol. The predicted molar refractivity (Wildman–Crippen MR) is 64.0 cm³/mol. The fourth-order valence-corrected chi connectivity index (χ4v) is 2.01. The first-order valence-electron chi connectivity index (χ1n) is 5.20. The molecule has 0 saturated heterocycles. The molecule has 0 N–H and O–H groups in total. The first-order valence-corrected chi connectivity index (χ1v) is 6.08. The number of ether oxygens (including phenoxy) is 1. The van der Waals surface area contributed by atoms with Gasteiger partial charge in [-0.1, -0.05) is 13.8 Å². The Morgan fingerprint density at radius 3 is 3.06 bits per heavy atom. The van der Waals surface area contributed by atoms with E-state index in [-0.39, 0.29) is 24.1 Å². The second-order valence-corrected chi connectivity index (χ2v) is 4.78. The van der Waals surface area contributed by atoms with Gasteiger partial charge in [-0.15, -0.1) is 11.3 Å². The molecule has 0 saturated carbocycles. The first kappa shape index (κ1) is 11.8. The summed E-state index contributed by atoms with van der Waals surface area (Å²) in [5, 5.41) is 1.79. The topological polar surface area (TPSA) is 60.7 Å². The van der Waals surface area contributed by atoms with Crippen molar-refractivity contribution in [3.63, 3.8) is 0 Å². The summed E-state index contributed by atoms with van der Waals surface area (Å²) in [6, 6.07) is 1.38. The van der Waals surface area contributed by atoms with Crippen molar-refractivity contribution < 1.29 is 9.53 Å². The zero-order valence-electron chi connectivity index (χ0n) is 9.54. The molecule has 0 aliphatic carbocycles. The monoisotopic (exact) mass is 252 g/mol. The molecule has 2 aromatic rings. The van der Waals surface area contributed by atoms with Crippen molar-refractivity contribution in [2.75, 3.05) is 0 Å². The molecule has 0 fully saturated rings. The predicted octanol–water partition coefficient (Wildman–Crippen LogP) is 1.46. The number of rotatable bonds is 3. The normalized spacial score (nSPS) is 11.0. The number of thiazole rings is 1. The fraction of sp³-hybridized carbons (Fsp3) is 0.364. The van der Waals surface area contributed by atoms with Crippen molar-refractivity contribution in [3.05, 3.63) is 33.7 Å². The highest BCUT2D eigenvalue weighted by atomic mass is 32.1. The van der Waals surface area contributed by atoms with Crippen LogP contribution in [0.5, 0.6) is 0 Å². The molecule has 0 radical (unpaired) electrons. The summed E-state index contributed by atoms with van der Waals surface area (Å²) < 4.78 is 6.48. The molecular weight excluding hydrogens is 240 g/mol. The zero-order valence-corrected chi connectivity index (χ0v) is 10.4. The maximum absolute atomic E-state index is 11.6. The lowest BCUT2D eigenvalue weighted by molar-refractivity contribution is -0.148. The lowest BCUT2D eigenvalue weighted by Crippen LogP contribution is -2.16. The van der Waals surface area contributed by atoms with E-state index < -0.39 is 0 Å². The average Bonchev–Trinajstić information content (AvgIpc) is 2.74. The van der Waals surface area contributed by atoms with Gasteiger partial charge in [-0.05, 0) is 0 Å². The number of carbonyl (C=O) groups is 1. The molecule has 2 rings (SSSR count). The Labute approximate surface area is 102 Å². The highest BCUT2D eigenvalue weighted by Gasteiger charge is 2.10. The molecule has 0 bridgehead atoms. The molecule has 2 heterocycles. The summed E-state index contributed by atoms with van der Waals surface area (Å²) in [6.45, 7) is 3.56. The van der Waals surface area contributed by atoms with Crippen LogP contribution in [0.2, 0.25) is 0 Å². The number of aromatic nitrogens is 2. The number of carbonyl (C=O) groups excluding carboxylic acids is 1. The number of fused-ring (bicyclic) bond motifs is 1. The summed E-state index contributed by atoms with van der Waals surface area (Å²) in [5.74, 6) is -0.472. The molecule has 0 spiro atoms. The third-order valence-corrected chi connectivity index (χ3v) is 2.95. The van der Waals surface area contributed by atoms with Gasteiger partial charge in [-0.2, -0.15) is 0 Å². The number of hydrogen-bond acceptors (Lipinski definition) is 5. The van der Waals surface area contributed by atoms with Crippen LogP contribution in [-0.2, 0) is 16.1 Å². The molecule has 2 aromatic heterocycles. The Hall–Kier alpha value is -1.69. The number of esters is 1. The van der Waals surface area contributed by atoms with Crippen LogP contribution in [0.1, 0.15) is 19.5 Å². The molecule has 17 heavy (non-hydrogen) atoms. The molecule has 0 aliphatic heterocycles. The summed E-state index contributed by atoms with van der Waals surface area (Å²) >= 11 is 1.37. The molecule has 6 heteroatoms. The van der Waals surface area contributed by atoms with Crippen LogP contribution in [0, 0.1) is 5.92 Å². The van der Waals surface area contributed by atoms with Gasteiger partial charge in [0.05, 0.1) is 11.6 Å². The Morgan fingerprint density at radius 2 is 2.35 bits per heavy atom. The number of nitrogens with zero attached hydrogens (tertiary/aromatic N) is 2. The van der Waals surface area contributed by atoms with E-state index >= 15 is 0 Å². The summed E-state index contributed by atoms with van der Waals surface area (Å²) in [6.07, 6.45) is 1.67. The highest BCUT2D eigenvalue weighted by Crippen LogP contribution is 2.07. The summed E-state index contributed by atoms with van der Waals surface area (Å²) in [5.41, 5.74) is 0.318. The van der Waals surface area contributed by atoms with Crippen LogP contribution in [0.15, 0.2) is 22.4 Å². The fourth-order valence-electron chi connectivity index (χ4n) is 1.27. The first-order chi connectivity index (χ1) is 8.08. The Balaban J connectivity index is 2.19. The van der Waals surface area contributed by atoms with Crippen LogP contribution in [0.25, 0.3) is 4.96 Å². The zero-order chi connectivity index (χ0) is 12.4. The number of hydrogen-bond donors (Lipinski definition) is 0. The van der Waals surface area contributed by atoms with Gasteiger partial charge in [-0.25, -0.2) is 4.98 Å². The van der Waals surface area contributed by atoms with Gasteiger partial charge in [0.1, 0.15) is 6.61 Å². The molecular formula is C11H12N2O3S. The second kappa shape index (κ2) is 4.67. The van der Waals surface area contributed by atoms with E-state index in [9.17, 15) is 9.59 Å². The van der Waals surface area contributed by atoms with E-state index in [1.54, 1.807) is 25.4 Å². The van der Waals surface area contributed by atoms with E-state index in [0.29, 0.717) is 10.7 Å². The molecule has 0 amide bonds. The van der Waals surface area contributed by atoms with Crippen molar-refractivity contribution in [1.82, 2.24) is 9.38 Å². The largest absolute Gasteiger partial charge is 0.459 e. The van der Waals surface area contributed by atoms with Crippen LogP contribution in [0.3, 0.4) is 0 Å². The molecule has 0 unspecified atom stereocenters. The maximum Gasteiger partial charge on any atom is 0.308 e. The van der Waals surface area contributed by atoms with Gasteiger partial charge in [-0.3, -0.25) is 14.0 Å². The Kier molecular flexibility index (Phi) is 3.23. The molecule has 5 nitrogen and oxygen atoms in total. The minimum absolute atomic E-state index is 0.0423. The van der Waals surface area contributed by atoms with Crippen LogP contribution in [0.4, 0.5) is 0 Å². The van der Waals surface area contributed by atoms with Crippen molar-refractivity contribution >= 4 is 22.3 Å². The second-order valence-electron chi connectivity index (χ2n) is 3.90. The van der Waals surface area contributed by atoms with Crippen molar-refractivity contribution in [3.8, 4) is 0 Å². The third-order valence-electron chi connectivity index (χ3n) is 2.19. The van der Waals surface area contributed by atoms with Gasteiger partial charge < -0.3 is 4.74 Å². The molecule has 90 valence electrons. The molecule has 0 aromatic carbocycles. The Morgan fingerprint density at radius 1 is 1.59 bits per heavy atom. The van der Waals surface area contributed by atoms with E-state index in [1.165, 1.54) is 21.8 Å². The highest BCUT2D eigenvalue weighted by molar-refractivity contribution is 7.15. The van der Waals surface area contributed by atoms with Crippen molar-refractivity contribution in [1.29, 1.82) is 0 Å². The SMILES string of the molecule is CC(C)C(=O)OCc1cc(=O)n2ccsc2n1. The molecule has 0 atom stereocenters. The van der Waals surface area contributed by atoms with Crippen molar-refractivity contribution in [2.45, 2.75) is 20.5 Å². The van der Waals surface area contributed by atoms with E-state index in [1.807, 2.05) is 0 Å². The van der Waals surface area contributed by atoms with Gasteiger partial charge in [0, 0.05) is 17.6 Å². The smallest absolute Gasteiger partial charge is 0.308 e. The van der Waals surface area contributed by atoms with E-state index in [2.05, 4.69) is 4.98 Å². The lowest BCUT2D eigenvalue weighted by Gasteiger charge is -2.06. The standard InChI is InChI=1S/C11H12N2O3S/c1-7(2)10(15)16-6-8-5-9(14)13-3-4-17-11(13)12-8/h3-5,7H,6H2,1-2H3. The third kappa shape index (κ3) is 2.52. The maximum atomic E-state index is 11.6. The van der Waals surface area contributed by atoms with E-state index in [4.69, 9.17) is 4.74 Å².